The molecule has 1 aromatic rings. The topological polar surface area (TPSA) is 43.8 Å². The van der Waals surface area contributed by atoms with E-state index in [-0.39, 0.29) is 6.04 Å². The number of nitrogens with two attached hydrogens (primary N) is 1. The molecule has 1 aliphatic carbocycles. The van der Waals surface area contributed by atoms with Gasteiger partial charge in [0.2, 0.25) is 0 Å². The lowest BCUT2D eigenvalue weighted by atomic mass is 9.94. The fourth-order valence-corrected chi connectivity index (χ4v) is 3.57. The number of rotatable bonds is 1. The lowest BCUT2D eigenvalue weighted by Crippen LogP contribution is -2.33. The molecule has 120 valence electrons. The van der Waals surface area contributed by atoms with Crippen LogP contribution in [0, 0.1) is 20.8 Å². The molecule has 3 heteroatoms. The van der Waals surface area contributed by atoms with Gasteiger partial charge in [-0.05, 0) is 39.2 Å². The van der Waals surface area contributed by atoms with Gasteiger partial charge in [-0.1, -0.05) is 51.4 Å². The molecule has 1 aromatic heterocycles. The van der Waals surface area contributed by atoms with Crippen LogP contribution in [0.25, 0.3) is 0 Å². The van der Waals surface area contributed by atoms with E-state index in [1.165, 1.54) is 69.0 Å². The molecule has 0 aliphatic heterocycles. The first kappa shape index (κ1) is 16.5. The Kier molecular flexibility index (Phi) is 6.28. The van der Waals surface area contributed by atoms with Crippen molar-refractivity contribution in [2.75, 3.05) is 0 Å². The Morgan fingerprint density at radius 3 is 1.90 bits per heavy atom. The van der Waals surface area contributed by atoms with Gasteiger partial charge in [0, 0.05) is 11.7 Å². The molecular weight excluding hydrogens is 258 g/mol. The van der Waals surface area contributed by atoms with Crippen LogP contribution in [0.5, 0.6) is 0 Å². The average Bonchev–Trinajstić information content (AvgIpc) is 2.70. The van der Waals surface area contributed by atoms with Gasteiger partial charge in [0.05, 0.1) is 11.7 Å². The van der Waals surface area contributed by atoms with Crippen LogP contribution in [-0.2, 0) is 0 Å². The monoisotopic (exact) mass is 291 g/mol. The molecule has 1 heterocycles. The van der Waals surface area contributed by atoms with E-state index in [2.05, 4.69) is 25.5 Å². The molecule has 0 saturated heterocycles. The highest BCUT2D eigenvalue weighted by Crippen LogP contribution is 2.26. The average molecular weight is 291 g/mol. The van der Waals surface area contributed by atoms with Gasteiger partial charge in [0.15, 0.2) is 0 Å². The van der Waals surface area contributed by atoms with E-state index in [1.54, 1.807) is 0 Å². The largest absolute Gasteiger partial charge is 0.326 e. The predicted octanol–water partition coefficient (Wildman–Crippen LogP) is 4.59. The Bertz CT molecular complexity index is 436. The van der Waals surface area contributed by atoms with Crippen LogP contribution in [0.1, 0.15) is 87.2 Å². The van der Waals surface area contributed by atoms with Crippen molar-refractivity contribution in [2.45, 2.75) is 97.1 Å². The minimum Gasteiger partial charge on any atom is -0.326 e. The van der Waals surface area contributed by atoms with Gasteiger partial charge < -0.3 is 5.73 Å². The van der Waals surface area contributed by atoms with E-state index in [0.29, 0.717) is 6.04 Å². The van der Waals surface area contributed by atoms with Crippen molar-refractivity contribution in [3.8, 4) is 0 Å². The first-order valence-corrected chi connectivity index (χ1v) is 8.89. The van der Waals surface area contributed by atoms with Crippen LogP contribution < -0.4 is 5.73 Å². The fraction of sp³-hybridized carbons (Fsp3) is 0.833. The highest BCUT2D eigenvalue weighted by Gasteiger charge is 2.23. The molecule has 2 N–H and O–H groups in total. The molecule has 1 aliphatic rings. The second-order valence-electron chi connectivity index (χ2n) is 6.88. The van der Waals surface area contributed by atoms with E-state index in [9.17, 15) is 0 Å². The third kappa shape index (κ3) is 4.32. The Labute approximate surface area is 130 Å². The molecule has 0 aromatic carbocycles. The van der Waals surface area contributed by atoms with Crippen molar-refractivity contribution in [3.63, 3.8) is 0 Å². The summed E-state index contributed by atoms with van der Waals surface area (Å²) in [6, 6.07) is 0.638. The SMILES string of the molecule is Cc1nn(C2CCCCCCCCCCC2N)c(C)c1C. The quantitative estimate of drug-likeness (QED) is 0.822. The van der Waals surface area contributed by atoms with Gasteiger partial charge in [0.25, 0.3) is 0 Å². The van der Waals surface area contributed by atoms with E-state index >= 15 is 0 Å². The number of nitrogens with zero attached hydrogens (tertiary/aromatic N) is 2. The van der Waals surface area contributed by atoms with E-state index in [0.717, 1.165) is 12.1 Å². The molecule has 1 saturated carbocycles. The minimum absolute atomic E-state index is 0.252. The van der Waals surface area contributed by atoms with Crippen LogP contribution in [0.15, 0.2) is 0 Å². The summed E-state index contributed by atoms with van der Waals surface area (Å²) >= 11 is 0. The Balaban J connectivity index is 2.12. The summed E-state index contributed by atoms with van der Waals surface area (Å²) in [5.41, 5.74) is 10.3. The van der Waals surface area contributed by atoms with Crippen LogP contribution in [0.4, 0.5) is 0 Å². The van der Waals surface area contributed by atoms with Crippen molar-refractivity contribution >= 4 is 0 Å². The normalized spacial score (nSPS) is 26.1. The maximum Gasteiger partial charge on any atom is 0.0673 e. The number of aromatic nitrogens is 2. The molecule has 21 heavy (non-hydrogen) atoms. The second-order valence-corrected chi connectivity index (χ2v) is 6.88. The van der Waals surface area contributed by atoms with Crippen molar-refractivity contribution in [1.29, 1.82) is 0 Å². The van der Waals surface area contributed by atoms with Crippen LogP contribution in [-0.4, -0.2) is 15.8 Å². The van der Waals surface area contributed by atoms with Crippen molar-refractivity contribution < 1.29 is 0 Å². The molecule has 0 bridgehead atoms. The molecule has 2 unspecified atom stereocenters. The molecule has 3 nitrogen and oxygen atoms in total. The second kappa shape index (κ2) is 7.98. The van der Waals surface area contributed by atoms with Gasteiger partial charge in [-0.25, -0.2) is 0 Å². The minimum atomic E-state index is 0.252. The summed E-state index contributed by atoms with van der Waals surface area (Å²) in [6.45, 7) is 6.48. The number of aryl methyl sites for hydroxylation is 1. The first-order chi connectivity index (χ1) is 10.1. The van der Waals surface area contributed by atoms with Crippen molar-refractivity contribution in [3.05, 3.63) is 17.0 Å². The molecular formula is C18H33N3. The van der Waals surface area contributed by atoms with Crippen molar-refractivity contribution in [2.24, 2.45) is 5.73 Å². The summed E-state index contributed by atoms with van der Waals surface area (Å²) in [5.74, 6) is 0. The van der Waals surface area contributed by atoms with Gasteiger partial charge in [-0.2, -0.15) is 5.10 Å². The van der Waals surface area contributed by atoms with Gasteiger partial charge in [-0.15, -0.1) is 0 Å². The smallest absolute Gasteiger partial charge is 0.0673 e. The highest BCUT2D eigenvalue weighted by atomic mass is 15.3. The van der Waals surface area contributed by atoms with Gasteiger partial charge in [-0.3, -0.25) is 4.68 Å². The van der Waals surface area contributed by atoms with E-state index in [1.807, 2.05) is 0 Å². The number of hydrogen-bond acceptors (Lipinski definition) is 2. The third-order valence-electron chi connectivity index (χ3n) is 5.28. The zero-order chi connectivity index (χ0) is 15.2. The Hall–Kier alpha value is -0.830. The highest BCUT2D eigenvalue weighted by molar-refractivity contribution is 5.23. The van der Waals surface area contributed by atoms with Crippen LogP contribution >= 0.6 is 0 Å². The summed E-state index contributed by atoms with van der Waals surface area (Å²) in [4.78, 5) is 0. The van der Waals surface area contributed by atoms with Crippen LogP contribution in [0.3, 0.4) is 0 Å². The van der Waals surface area contributed by atoms with Crippen molar-refractivity contribution in [1.82, 2.24) is 9.78 Å². The molecule has 2 atom stereocenters. The lowest BCUT2D eigenvalue weighted by molar-refractivity contribution is 0.314. The zero-order valence-electron chi connectivity index (χ0n) is 14.2. The molecule has 0 spiro atoms. The summed E-state index contributed by atoms with van der Waals surface area (Å²) in [6.07, 6.45) is 13.2. The summed E-state index contributed by atoms with van der Waals surface area (Å²) in [5, 5.41) is 4.79. The molecule has 1 fully saturated rings. The van der Waals surface area contributed by atoms with Crippen LogP contribution in [0.2, 0.25) is 0 Å². The first-order valence-electron chi connectivity index (χ1n) is 8.89. The Morgan fingerprint density at radius 2 is 1.38 bits per heavy atom. The third-order valence-corrected chi connectivity index (χ3v) is 5.28. The lowest BCUT2D eigenvalue weighted by Gasteiger charge is -2.26. The van der Waals surface area contributed by atoms with E-state index in [4.69, 9.17) is 10.8 Å². The Morgan fingerprint density at radius 1 is 0.857 bits per heavy atom. The molecule has 2 rings (SSSR count). The van der Waals surface area contributed by atoms with Gasteiger partial charge in [0.1, 0.15) is 0 Å². The maximum atomic E-state index is 6.56. The number of hydrogen-bond donors (Lipinski definition) is 1. The zero-order valence-corrected chi connectivity index (χ0v) is 14.2. The fourth-order valence-electron chi connectivity index (χ4n) is 3.57. The summed E-state index contributed by atoms with van der Waals surface area (Å²) < 4.78 is 2.24. The predicted molar refractivity (Wildman–Crippen MR) is 89.6 cm³/mol. The standard InChI is InChI=1S/C18H33N3/c1-14-15(2)20-21(16(14)3)18-13-11-9-7-5-4-6-8-10-12-17(18)19/h17-18H,4-13,19H2,1-3H3. The molecule has 0 radical (unpaired) electrons. The van der Waals surface area contributed by atoms with Gasteiger partial charge >= 0.3 is 0 Å². The van der Waals surface area contributed by atoms with E-state index < -0.39 is 0 Å². The maximum absolute atomic E-state index is 6.56. The summed E-state index contributed by atoms with van der Waals surface area (Å²) in [7, 11) is 0. The molecule has 0 amide bonds.